The number of carbonyl (C=O) groups excluding carboxylic acids is 2. The smallest absolute Gasteiger partial charge is 0.239 e. The van der Waals surface area contributed by atoms with Crippen molar-refractivity contribution in [2.45, 2.75) is 25.9 Å². The van der Waals surface area contributed by atoms with E-state index in [1.807, 2.05) is 18.2 Å². The summed E-state index contributed by atoms with van der Waals surface area (Å²) in [6.45, 7) is 3.46. The molecule has 6 nitrogen and oxygen atoms in total. The van der Waals surface area contributed by atoms with Crippen LogP contribution in [0.3, 0.4) is 0 Å². The van der Waals surface area contributed by atoms with Crippen LogP contribution in [0.2, 0.25) is 0 Å². The average molecular weight is 379 g/mol. The standard InChI is InChI=1S/C16H26N4O2.2ClH/c1-13(20(2)12-14-6-4-3-5-7-14)8-9-18-16(22)11-19-15(21)10-17;;/h3-7,13H,8-12,17H2,1-2H3,(H,18,22)(H,19,21);2*1H. The van der Waals surface area contributed by atoms with E-state index in [4.69, 9.17) is 5.73 Å². The number of benzene rings is 1. The lowest BCUT2D eigenvalue weighted by atomic mass is 10.1. The van der Waals surface area contributed by atoms with Crippen molar-refractivity contribution >= 4 is 36.6 Å². The summed E-state index contributed by atoms with van der Waals surface area (Å²) in [4.78, 5) is 24.7. The molecule has 0 fully saturated rings. The molecule has 0 aliphatic heterocycles. The van der Waals surface area contributed by atoms with Crippen molar-refractivity contribution in [2.24, 2.45) is 5.73 Å². The van der Waals surface area contributed by atoms with E-state index >= 15 is 0 Å². The van der Waals surface area contributed by atoms with Gasteiger partial charge >= 0.3 is 0 Å². The first-order chi connectivity index (χ1) is 10.5. The van der Waals surface area contributed by atoms with Crippen LogP contribution in [-0.4, -0.2) is 49.4 Å². The maximum absolute atomic E-state index is 11.5. The molecule has 0 bridgehead atoms. The first-order valence-corrected chi connectivity index (χ1v) is 7.50. The van der Waals surface area contributed by atoms with E-state index in [1.54, 1.807) is 0 Å². The number of nitrogens with two attached hydrogens (primary N) is 1. The summed E-state index contributed by atoms with van der Waals surface area (Å²) < 4.78 is 0. The molecule has 24 heavy (non-hydrogen) atoms. The molecule has 0 aliphatic carbocycles. The molecule has 0 saturated carbocycles. The zero-order valence-corrected chi connectivity index (χ0v) is 15.8. The fourth-order valence-electron chi connectivity index (χ4n) is 1.98. The SMILES string of the molecule is CC(CCNC(=O)CNC(=O)CN)N(C)Cc1ccccc1.Cl.Cl. The number of rotatable bonds is 9. The summed E-state index contributed by atoms with van der Waals surface area (Å²) >= 11 is 0. The maximum atomic E-state index is 11.5. The van der Waals surface area contributed by atoms with Crippen LogP contribution in [0.25, 0.3) is 0 Å². The lowest BCUT2D eigenvalue weighted by Crippen LogP contribution is -2.40. The molecule has 0 aromatic heterocycles. The van der Waals surface area contributed by atoms with Gasteiger partial charge in [-0.3, -0.25) is 14.5 Å². The predicted molar refractivity (Wildman–Crippen MR) is 102 cm³/mol. The van der Waals surface area contributed by atoms with Crippen molar-refractivity contribution in [3.8, 4) is 0 Å². The van der Waals surface area contributed by atoms with Gasteiger partial charge in [0.15, 0.2) is 0 Å². The highest BCUT2D eigenvalue weighted by Gasteiger charge is 2.10. The Bertz CT molecular complexity index is 474. The second kappa shape index (κ2) is 14.0. The molecule has 0 aliphatic rings. The molecule has 8 heteroatoms. The summed E-state index contributed by atoms with van der Waals surface area (Å²) in [6, 6.07) is 10.6. The Morgan fingerprint density at radius 1 is 1.12 bits per heavy atom. The monoisotopic (exact) mass is 378 g/mol. The van der Waals surface area contributed by atoms with Crippen LogP contribution in [0.4, 0.5) is 0 Å². The maximum Gasteiger partial charge on any atom is 0.239 e. The van der Waals surface area contributed by atoms with Crippen LogP contribution in [0, 0.1) is 0 Å². The van der Waals surface area contributed by atoms with Gasteiger partial charge in [0.05, 0.1) is 13.1 Å². The molecule has 1 atom stereocenters. The Hall–Kier alpha value is -1.34. The number of amides is 2. The Morgan fingerprint density at radius 2 is 1.75 bits per heavy atom. The molecule has 1 aromatic rings. The third-order valence-corrected chi connectivity index (χ3v) is 3.54. The summed E-state index contributed by atoms with van der Waals surface area (Å²) in [5.74, 6) is -0.522. The molecular formula is C16H28Cl2N4O2. The van der Waals surface area contributed by atoms with E-state index in [9.17, 15) is 9.59 Å². The van der Waals surface area contributed by atoms with Gasteiger partial charge in [0, 0.05) is 19.1 Å². The fraction of sp³-hybridized carbons (Fsp3) is 0.500. The number of nitrogens with one attached hydrogen (secondary N) is 2. The van der Waals surface area contributed by atoms with Gasteiger partial charge in [-0.2, -0.15) is 0 Å². The topological polar surface area (TPSA) is 87.5 Å². The first kappa shape index (κ1) is 24.9. The number of halogens is 2. The van der Waals surface area contributed by atoms with Gasteiger partial charge in [-0.15, -0.1) is 24.8 Å². The fourth-order valence-corrected chi connectivity index (χ4v) is 1.98. The highest BCUT2D eigenvalue weighted by Crippen LogP contribution is 2.07. The summed E-state index contributed by atoms with van der Waals surface area (Å²) in [5, 5.41) is 5.23. The van der Waals surface area contributed by atoms with E-state index in [-0.39, 0.29) is 49.7 Å². The molecule has 1 rings (SSSR count). The number of hydrogen-bond acceptors (Lipinski definition) is 4. The summed E-state index contributed by atoms with van der Waals surface area (Å²) in [6.07, 6.45) is 0.847. The molecule has 138 valence electrons. The van der Waals surface area contributed by atoms with Crippen LogP contribution in [0.1, 0.15) is 18.9 Å². The quantitative estimate of drug-likeness (QED) is 0.596. The largest absolute Gasteiger partial charge is 0.355 e. The van der Waals surface area contributed by atoms with Gasteiger partial charge in [0.1, 0.15) is 0 Å². The van der Waals surface area contributed by atoms with Gasteiger partial charge in [0.2, 0.25) is 11.8 Å². The van der Waals surface area contributed by atoms with Crippen LogP contribution in [0.15, 0.2) is 30.3 Å². The number of hydrogen-bond donors (Lipinski definition) is 3. The third kappa shape index (κ3) is 10.4. The summed E-state index contributed by atoms with van der Waals surface area (Å²) in [5.41, 5.74) is 6.41. The number of carbonyl (C=O) groups is 2. The Kier molecular flexibility index (Phi) is 14.6. The molecule has 1 aromatic carbocycles. The van der Waals surface area contributed by atoms with Crippen LogP contribution >= 0.6 is 24.8 Å². The lowest BCUT2D eigenvalue weighted by Gasteiger charge is -2.24. The van der Waals surface area contributed by atoms with E-state index < -0.39 is 0 Å². The van der Waals surface area contributed by atoms with Crippen molar-refractivity contribution in [1.29, 1.82) is 0 Å². The van der Waals surface area contributed by atoms with Gasteiger partial charge in [0.25, 0.3) is 0 Å². The van der Waals surface area contributed by atoms with Crippen molar-refractivity contribution < 1.29 is 9.59 Å². The van der Waals surface area contributed by atoms with Crippen molar-refractivity contribution in [1.82, 2.24) is 15.5 Å². The average Bonchev–Trinajstić information content (AvgIpc) is 2.53. The highest BCUT2D eigenvalue weighted by atomic mass is 35.5. The molecular weight excluding hydrogens is 351 g/mol. The van der Waals surface area contributed by atoms with Crippen LogP contribution in [-0.2, 0) is 16.1 Å². The molecule has 0 heterocycles. The molecule has 1 unspecified atom stereocenters. The molecule has 0 saturated heterocycles. The Balaban J connectivity index is 0. The molecule has 2 amide bonds. The first-order valence-electron chi connectivity index (χ1n) is 7.50. The minimum absolute atomic E-state index is 0. The summed E-state index contributed by atoms with van der Waals surface area (Å²) in [7, 11) is 2.07. The highest BCUT2D eigenvalue weighted by molar-refractivity contribution is 5.86. The van der Waals surface area contributed by atoms with Crippen molar-refractivity contribution in [3.63, 3.8) is 0 Å². The molecule has 4 N–H and O–H groups in total. The van der Waals surface area contributed by atoms with Gasteiger partial charge < -0.3 is 16.4 Å². The van der Waals surface area contributed by atoms with Crippen molar-refractivity contribution in [3.05, 3.63) is 35.9 Å². The lowest BCUT2D eigenvalue weighted by molar-refractivity contribution is -0.125. The molecule has 0 radical (unpaired) electrons. The second-order valence-electron chi connectivity index (χ2n) is 5.37. The predicted octanol–water partition coefficient (Wildman–Crippen LogP) is 0.932. The van der Waals surface area contributed by atoms with Gasteiger partial charge in [-0.1, -0.05) is 30.3 Å². The van der Waals surface area contributed by atoms with E-state index in [1.165, 1.54) is 5.56 Å². The zero-order valence-electron chi connectivity index (χ0n) is 14.2. The third-order valence-electron chi connectivity index (χ3n) is 3.54. The van der Waals surface area contributed by atoms with Crippen LogP contribution < -0.4 is 16.4 Å². The normalized spacial score (nSPS) is 11.0. The zero-order chi connectivity index (χ0) is 16.4. The Labute approximate surface area is 156 Å². The second-order valence-corrected chi connectivity index (χ2v) is 5.37. The van der Waals surface area contributed by atoms with Crippen LogP contribution in [0.5, 0.6) is 0 Å². The van der Waals surface area contributed by atoms with Crippen molar-refractivity contribution in [2.75, 3.05) is 26.7 Å². The molecule has 0 spiro atoms. The minimum Gasteiger partial charge on any atom is -0.355 e. The van der Waals surface area contributed by atoms with E-state index in [2.05, 4.69) is 41.6 Å². The van der Waals surface area contributed by atoms with E-state index in [0.29, 0.717) is 12.6 Å². The van der Waals surface area contributed by atoms with E-state index in [0.717, 1.165) is 13.0 Å². The minimum atomic E-state index is -0.328. The van der Waals surface area contributed by atoms with Gasteiger partial charge in [-0.25, -0.2) is 0 Å². The van der Waals surface area contributed by atoms with Gasteiger partial charge in [-0.05, 0) is 26.0 Å². The Morgan fingerprint density at radius 3 is 2.33 bits per heavy atom. The number of nitrogens with zero attached hydrogens (tertiary/aromatic N) is 1.